The van der Waals surface area contributed by atoms with Crippen molar-refractivity contribution >= 4 is 27.3 Å². The van der Waals surface area contributed by atoms with Crippen molar-refractivity contribution in [3.8, 4) is 5.75 Å². The smallest absolute Gasteiger partial charge is 0.270 e. The van der Waals surface area contributed by atoms with Gasteiger partial charge in [-0.25, -0.2) is 8.42 Å². The van der Waals surface area contributed by atoms with Crippen molar-refractivity contribution in [2.45, 2.75) is 11.4 Å². The van der Waals surface area contributed by atoms with Gasteiger partial charge in [-0.05, 0) is 35.9 Å². The lowest BCUT2D eigenvalue weighted by atomic mass is 10.1. The van der Waals surface area contributed by atoms with Gasteiger partial charge in [0, 0.05) is 25.7 Å². The summed E-state index contributed by atoms with van der Waals surface area (Å²) < 4.78 is 33.2. The zero-order valence-electron chi connectivity index (χ0n) is 17.4. The van der Waals surface area contributed by atoms with Gasteiger partial charge in [-0.2, -0.15) is 0 Å². The van der Waals surface area contributed by atoms with Gasteiger partial charge in [-0.3, -0.25) is 19.6 Å². The summed E-state index contributed by atoms with van der Waals surface area (Å²) in [4.78, 5) is 24.5. The minimum absolute atomic E-state index is 0.0708. The maximum atomic E-state index is 13.1. The van der Waals surface area contributed by atoms with E-state index in [9.17, 15) is 23.3 Å². The molecule has 0 unspecified atom stereocenters. The van der Waals surface area contributed by atoms with E-state index in [0.717, 1.165) is 11.6 Å². The first-order chi connectivity index (χ1) is 15.2. The van der Waals surface area contributed by atoms with Crippen molar-refractivity contribution < 1.29 is 22.9 Å². The minimum Gasteiger partial charge on any atom is -0.497 e. The molecule has 1 amide bonds. The lowest BCUT2D eigenvalue weighted by Gasteiger charge is -2.20. The monoisotopic (exact) mass is 455 g/mol. The zero-order valence-corrected chi connectivity index (χ0v) is 18.2. The van der Waals surface area contributed by atoms with Crippen LogP contribution in [0.15, 0.2) is 77.7 Å². The molecule has 0 bridgehead atoms. The molecule has 32 heavy (non-hydrogen) atoms. The topological polar surface area (TPSA) is 119 Å². The molecule has 0 aromatic heterocycles. The number of nitro groups is 1. The lowest BCUT2D eigenvalue weighted by molar-refractivity contribution is -0.385. The molecule has 0 fully saturated rings. The first kappa shape index (κ1) is 22.8. The second kappa shape index (κ2) is 9.48. The maximum absolute atomic E-state index is 13.1. The van der Waals surface area contributed by atoms with Gasteiger partial charge in [0.05, 0.1) is 28.2 Å². The third-order valence-electron chi connectivity index (χ3n) is 4.64. The average molecular weight is 455 g/mol. The Labute approximate surface area is 185 Å². The van der Waals surface area contributed by atoms with Crippen LogP contribution in [0.5, 0.6) is 5.75 Å². The Bertz CT molecular complexity index is 1260. The standard InChI is InChI=1S/C22H21N3O6S/c1-24(15-16-7-5-9-18(13-16)31-2)22(26)20-11-3-4-12-21(20)23-32(29,30)19-10-6-8-17(14-19)25(27)28/h3-14,23H,15H2,1-2H3. The number of sulfonamides is 1. The third kappa shape index (κ3) is 5.22. The van der Waals surface area contributed by atoms with Crippen LogP contribution >= 0.6 is 0 Å². The van der Waals surface area contributed by atoms with E-state index in [1.54, 1.807) is 38.4 Å². The van der Waals surface area contributed by atoms with Crippen molar-refractivity contribution in [3.05, 3.63) is 94.0 Å². The number of hydrogen-bond donors (Lipinski definition) is 1. The van der Waals surface area contributed by atoms with Crippen LogP contribution in [0.2, 0.25) is 0 Å². The number of amides is 1. The number of benzene rings is 3. The summed E-state index contributed by atoms with van der Waals surface area (Å²) in [5.41, 5.74) is 0.707. The van der Waals surface area contributed by atoms with E-state index in [-0.39, 0.29) is 28.4 Å². The molecular formula is C22H21N3O6S. The molecule has 0 aliphatic heterocycles. The third-order valence-corrected chi connectivity index (χ3v) is 6.00. The molecule has 0 radical (unpaired) electrons. The quantitative estimate of drug-likeness (QED) is 0.409. The summed E-state index contributed by atoms with van der Waals surface area (Å²) in [5.74, 6) is 0.263. The number of carbonyl (C=O) groups is 1. The van der Waals surface area contributed by atoms with Crippen LogP contribution in [0, 0.1) is 10.1 Å². The molecule has 3 rings (SSSR count). The van der Waals surface area contributed by atoms with Gasteiger partial charge in [0.25, 0.3) is 21.6 Å². The van der Waals surface area contributed by atoms with Gasteiger partial charge in [0.15, 0.2) is 0 Å². The highest BCUT2D eigenvalue weighted by molar-refractivity contribution is 7.92. The normalized spacial score (nSPS) is 10.9. The number of nitrogens with one attached hydrogen (secondary N) is 1. The molecule has 3 aromatic carbocycles. The Hall–Kier alpha value is -3.92. The van der Waals surface area contributed by atoms with Crippen molar-refractivity contribution in [2.24, 2.45) is 0 Å². The summed E-state index contributed by atoms with van der Waals surface area (Å²) in [6.07, 6.45) is 0. The van der Waals surface area contributed by atoms with Gasteiger partial charge < -0.3 is 9.64 Å². The molecule has 0 saturated heterocycles. The van der Waals surface area contributed by atoms with E-state index < -0.39 is 20.9 Å². The van der Waals surface area contributed by atoms with E-state index in [1.165, 1.54) is 35.2 Å². The van der Waals surface area contributed by atoms with Crippen LogP contribution in [0.4, 0.5) is 11.4 Å². The van der Waals surface area contributed by atoms with Crippen molar-refractivity contribution in [1.29, 1.82) is 0 Å². The summed E-state index contributed by atoms with van der Waals surface area (Å²) in [6, 6.07) is 18.1. The van der Waals surface area contributed by atoms with Crippen LogP contribution in [0.1, 0.15) is 15.9 Å². The number of nitrogens with zero attached hydrogens (tertiary/aromatic N) is 2. The zero-order chi connectivity index (χ0) is 23.3. The van der Waals surface area contributed by atoms with E-state index >= 15 is 0 Å². The number of methoxy groups -OCH3 is 1. The molecule has 0 atom stereocenters. The number of para-hydroxylation sites is 1. The van der Waals surface area contributed by atoms with Crippen LogP contribution < -0.4 is 9.46 Å². The number of hydrogen-bond acceptors (Lipinski definition) is 6. The Morgan fingerprint density at radius 2 is 1.78 bits per heavy atom. The number of anilines is 1. The summed E-state index contributed by atoms with van der Waals surface area (Å²) in [5, 5.41) is 11.0. The second-order valence-electron chi connectivity index (χ2n) is 6.92. The Balaban J connectivity index is 1.85. The van der Waals surface area contributed by atoms with Gasteiger partial charge >= 0.3 is 0 Å². The first-order valence-electron chi connectivity index (χ1n) is 9.46. The number of rotatable bonds is 8. The molecular weight excluding hydrogens is 434 g/mol. The van der Waals surface area contributed by atoms with E-state index in [4.69, 9.17) is 4.74 Å². The van der Waals surface area contributed by atoms with Gasteiger partial charge in [0.2, 0.25) is 0 Å². The molecule has 10 heteroatoms. The summed E-state index contributed by atoms with van der Waals surface area (Å²) >= 11 is 0. The van der Waals surface area contributed by atoms with Gasteiger partial charge in [-0.15, -0.1) is 0 Å². The Morgan fingerprint density at radius 3 is 2.50 bits per heavy atom. The summed E-state index contributed by atoms with van der Waals surface area (Å²) in [6.45, 7) is 0.280. The molecule has 0 aliphatic rings. The molecule has 0 heterocycles. The van der Waals surface area contributed by atoms with Crippen LogP contribution in [-0.4, -0.2) is 38.3 Å². The highest BCUT2D eigenvalue weighted by Crippen LogP contribution is 2.24. The number of non-ortho nitro benzene ring substituents is 1. The Kier molecular flexibility index (Phi) is 6.74. The molecule has 166 valence electrons. The van der Waals surface area contributed by atoms with E-state index in [2.05, 4.69) is 4.72 Å². The fraction of sp³-hybridized carbons (Fsp3) is 0.136. The SMILES string of the molecule is COc1cccc(CN(C)C(=O)c2ccccc2NS(=O)(=O)c2cccc([N+](=O)[O-])c2)c1. The molecule has 0 spiro atoms. The highest BCUT2D eigenvalue weighted by atomic mass is 32.2. The fourth-order valence-electron chi connectivity index (χ4n) is 3.05. The molecule has 0 saturated carbocycles. The number of ether oxygens (including phenoxy) is 1. The van der Waals surface area contributed by atoms with E-state index in [0.29, 0.717) is 5.75 Å². The molecule has 1 N–H and O–H groups in total. The number of nitro benzene ring substituents is 1. The van der Waals surface area contributed by atoms with Gasteiger partial charge in [0.1, 0.15) is 5.75 Å². The Morgan fingerprint density at radius 1 is 1.06 bits per heavy atom. The number of carbonyl (C=O) groups excluding carboxylic acids is 1. The van der Waals surface area contributed by atoms with Crippen LogP contribution in [-0.2, 0) is 16.6 Å². The molecule has 0 aliphatic carbocycles. The van der Waals surface area contributed by atoms with E-state index in [1.807, 2.05) is 12.1 Å². The first-order valence-corrected chi connectivity index (χ1v) is 10.9. The molecule has 3 aromatic rings. The van der Waals surface area contributed by atoms with Crippen LogP contribution in [0.25, 0.3) is 0 Å². The van der Waals surface area contributed by atoms with Gasteiger partial charge in [-0.1, -0.05) is 30.3 Å². The fourth-order valence-corrected chi connectivity index (χ4v) is 4.17. The van der Waals surface area contributed by atoms with Crippen molar-refractivity contribution in [3.63, 3.8) is 0 Å². The second-order valence-corrected chi connectivity index (χ2v) is 8.60. The minimum atomic E-state index is -4.16. The maximum Gasteiger partial charge on any atom is 0.270 e. The van der Waals surface area contributed by atoms with Crippen molar-refractivity contribution in [1.82, 2.24) is 4.90 Å². The van der Waals surface area contributed by atoms with Crippen LogP contribution in [0.3, 0.4) is 0 Å². The van der Waals surface area contributed by atoms with Crippen molar-refractivity contribution in [2.75, 3.05) is 18.9 Å². The average Bonchev–Trinajstić information content (AvgIpc) is 2.79. The summed E-state index contributed by atoms with van der Waals surface area (Å²) in [7, 11) is -1.00. The molecule has 9 nitrogen and oxygen atoms in total. The predicted molar refractivity (Wildman–Crippen MR) is 119 cm³/mol. The highest BCUT2D eigenvalue weighted by Gasteiger charge is 2.22. The lowest BCUT2D eigenvalue weighted by Crippen LogP contribution is -2.27. The predicted octanol–water partition coefficient (Wildman–Crippen LogP) is 3.68. The largest absolute Gasteiger partial charge is 0.497 e.